The van der Waals surface area contributed by atoms with E-state index in [0.29, 0.717) is 0 Å². The lowest BCUT2D eigenvalue weighted by Crippen LogP contribution is -1.93. The van der Waals surface area contributed by atoms with Crippen LogP contribution in [0.2, 0.25) is 5.15 Å². The van der Waals surface area contributed by atoms with E-state index in [1.807, 2.05) is 0 Å². The lowest BCUT2D eigenvalue weighted by atomic mass is 10.3. The minimum atomic E-state index is -2.69. The quantitative estimate of drug-likeness (QED) is 0.732. The number of aromatic nitrogens is 1. The van der Waals surface area contributed by atoms with Gasteiger partial charge in [0.1, 0.15) is 22.5 Å². The normalized spacial score (nSPS) is 10.2. The molecule has 0 N–H and O–H groups in total. The van der Waals surface area contributed by atoms with Crippen LogP contribution in [0.4, 0.5) is 8.78 Å². The Kier molecular flexibility index (Phi) is 3.17. The summed E-state index contributed by atoms with van der Waals surface area (Å²) in [6.45, 7) is 0. The van der Waals surface area contributed by atoms with Gasteiger partial charge in [-0.1, -0.05) is 11.6 Å². The molecule has 68 valence electrons. The van der Waals surface area contributed by atoms with E-state index in [1.54, 1.807) is 6.07 Å². The average molecular weight is 267 g/mol. The number of rotatable bonds is 1. The van der Waals surface area contributed by atoms with Crippen molar-refractivity contribution in [2.75, 3.05) is 0 Å². The molecule has 0 bridgehead atoms. The summed E-state index contributed by atoms with van der Waals surface area (Å²) in [7, 11) is 0. The van der Waals surface area contributed by atoms with Crippen molar-refractivity contribution in [2.24, 2.45) is 0 Å². The first-order chi connectivity index (χ1) is 6.06. The van der Waals surface area contributed by atoms with Gasteiger partial charge in [-0.3, -0.25) is 0 Å². The fourth-order valence-electron chi connectivity index (χ4n) is 0.713. The van der Waals surface area contributed by atoms with Gasteiger partial charge in [0.15, 0.2) is 0 Å². The summed E-state index contributed by atoms with van der Waals surface area (Å²) in [4.78, 5) is 3.37. The molecule has 0 unspecified atom stereocenters. The molecule has 0 aromatic carbocycles. The van der Waals surface area contributed by atoms with Crippen LogP contribution in [0, 0.1) is 11.3 Å². The third-order valence-electron chi connectivity index (χ3n) is 1.28. The zero-order chi connectivity index (χ0) is 10.0. The van der Waals surface area contributed by atoms with Gasteiger partial charge in [0.2, 0.25) is 0 Å². The minimum absolute atomic E-state index is 0.0612. The Labute approximate surface area is 86.3 Å². The van der Waals surface area contributed by atoms with Crippen molar-refractivity contribution in [3.05, 3.63) is 26.9 Å². The lowest BCUT2D eigenvalue weighted by molar-refractivity contribution is 0.146. The van der Waals surface area contributed by atoms with Gasteiger partial charge in [0, 0.05) is 4.47 Å². The maximum absolute atomic E-state index is 12.1. The lowest BCUT2D eigenvalue weighted by Gasteiger charge is -2.02. The number of nitriles is 1. The fourth-order valence-corrected chi connectivity index (χ4v) is 1.58. The van der Waals surface area contributed by atoms with Gasteiger partial charge in [0.25, 0.3) is 6.43 Å². The second-order valence-corrected chi connectivity index (χ2v) is 3.32. The Morgan fingerprint density at radius 1 is 1.62 bits per heavy atom. The van der Waals surface area contributed by atoms with Gasteiger partial charge in [-0.05, 0) is 22.0 Å². The molecule has 0 spiro atoms. The van der Waals surface area contributed by atoms with Gasteiger partial charge in [-0.25, -0.2) is 13.8 Å². The predicted molar refractivity (Wildman–Crippen MR) is 46.6 cm³/mol. The average Bonchev–Trinajstić information content (AvgIpc) is 2.03. The van der Waals surface area contributed by atoms with E-state index >= 15 is 0 Å². The van der Waals surface area contributed by atoms with Gasteiger partial charge in [-0.15, -0.1) is 0 Å². The highest BCUT2D eigenvalue weighted by Crippen LogP contribution is 2.27. The van der Waals surface area contributed by atoms with Crippen LogP contribution in [0.1, 0.15) is 17.7 Å². The topological polar surface area (TPSA) is 36.7 Å². The molecule has 2 nitrogen and oxygen atoms in total. The largest absolute Gasteiger partial charge is 0.280 e. The highest BCUT2D eigenvalue weighted by Gasteiger charge is 2.14. The molecule has 0 fully saturated rings. The van der Waals surface area contributed by atoms with Crippen LogP contribution in [-0.2, 0) is 0 Å². The first kappa shape index (κ1) is 10.4. The number of nitrogens with zero attached hydrogens (tertiary/aromatic N) is 2. The Hall–Kier alpha value is -0.730. The molecular formula is C7H2BrClF2N2. The predicted octanol–water partition coefficient (Wildman–Crippen LogP) is 3.31. The molecule has 0 radical (unpaired) electrons. The van der Waals surface area contributed by atoms with Gasteiger partial charge in [-0.2, -0.15) is 5.26 Å². The van der Waals surface area contributed by atoms with Crippen LogP contribution < -0.4 is 0 Å². The van der Waals surface area contributed by atoms with E-state index in [-0.39, 0.29) is 15.2 Å². The van der Waals surface area contributed by atoms with Crippen molar-refractivity contribution < 1.29 is 8.78 Å². The van der Waals surface area contributed by atoms with Crippen molar-refractivity contribution >= 4 is 27.5 Å². The summed E-state index contributed by atoms with van der Waals surface area (Å²) in [5, 5.41) is 8.32. The summed E-state index contributed by atoms with van der Waals surface area (Å²) in [5.41, 5.74) is -0.387. The molecule has 13 heavy (non-hydrogen) atoms. The highest BCUT2D eigenvalue weighted by molar-refractivity contribution is 9.10. The Morgan fingerprint density at radius 3 is 2.62 bits per heavy atom. The third-order valence-corrected chi connectivity index (χ3v) is 2.18. The molecule has 6 heteroatoms. The Morgan fingerprint density at radius 2 is 2.23 bits per heavy atom. The summed E-state index contributed by atoms with van der Waals surface area (Å²) < 4.78 is 24.5. The van der Waals surface area contributed by atoms with E-state index in [9.17, 15) is 8.78 Å². The highest BCUT2D eigenvalue weighted by atomic mass is 79.9. The zero-order valence-electron chi connectivity index (χ0n) is 6.06. The van der Waals surface area contributed by atoms with Gasteiger partial charge >= 0.3 is 0 Å². The fraction of sp³-hybridized carbons (Fsp3) is 0.143. The molecule has 0 aliphatic rings. The molecule has 0 saturated carbocycles. The molecular weight excluding hydrogens is 265 g/mol. The zero-order valence-corrected chi connectivity index (χ0v) is 8.40. The summed E-state index contributed by atoms with van der Waals surface area (Å²) in [6, 6.07) is 2.82. The van der Waals surface area contributed by atoms with E-state index < -0.39 is 12.1 Å². The first-order valence-corrected chi connectivity index (χ1v) is 4.27. The third kappa shape index (κ3) is 2.14. The second-order valence-electron chi connectivity index (χ2n) is 2.11. The molecule has 0 aliphatic carbocycles. The van der Waals surface area contributed by atoms with Crippen molar-refractivity contribution in [3.63, 3.8) is 0 Å². The van der Waals surface area contributed by atoms with E-state index in [4.69, 9.17) is 16.9 Å². The van der Waals surface area contributed by atoms with Gasteiger partial charge < -0.3 is 0 Å². The summed E-state index contributed by atoms with van der Waals surface area (Å²) in [5.74, 6) is 0. The Bertz CT molecular complexity index is 352. The van der Waals surface area contributed by atoms with E-state index in [1.165, 1.54) is 0 Å². The van der Waals surface area contributed by atoms with E-state index in [0.717, 1.165) is 6.07 Å². The maximum atomic E-state index is 12.1. The van der Waals surface area contributed by atoms with Crippen LogP contribution in [0.5, 0.6) is 0 Å². The molecule has 0 aliphatic heterocycles. The van der Waals surface area contributed by atoms with Crippen LogP contribution in [0.25, 0.3) is 0 Å². The van der Waals surface area contributed by atoms with Crippen LogP contribution in [0.15, 0.2) is 10.5 Å². The Balaban J connectivity index is 3.30. The molecule has 1 aromatic rings. The monoisotopic (exact) mass is 266 g/mol. The molecule has 0 saturated heterocycles. The number of hydrogen-bond donors (Lipinski definition) is 0. The number of pyridine rings is 1. The molecule has 1 aromatic heterocycles. The van der Waals surface area contributed by atoms with Crippen molar-refractivity contribution in [2.45, 2.75) is 6.43 Å². The first-order valence-electron chi connectivity index (χ1n) is 3.10. The second kappa shape index (κ2) is 3.99. The van der Waals surface area contributed by atoms with Crippen molar-refractivity contribution in [3.8, 4) is 6.07 Å². The minimum Gasteiger partial charge on any atom is -0.234 e. The van der Waals surface area contributed by atoms with Gasteiger partial charge in [0.05, 0.1) is 0 Å². The molecule has 1 rings (SSSR count). The molecule has 0 amide bonds. The van der Waals surface area contributed by atoms with Crippen LogP contribution in [0.3, 0.4) is 0 Å². The number of halogens is 4. The number of alkyl halides is 2. The maximum Gasteiger partial charge on any atom is 0.280 e. The number of hydrogen-bond acceptors (Lipinski definition) is 2. The standard InChI is InChI=1S/C7H2BrClF2N2/c8-4-1-5(7(10)11)13-6(9)3(4)2-12/h1,7H. The smallest absolute Gasteiger partial charge is 0.234 e. The molecule has 1 heterocycles. The van der Waals surface area contributed by atoms with E-state index in [2.05, 4.69) is 20.9 Å². The van der Waals surface area contributed by atoms with Crippen molar-refractivity contribution in [1.29, 1.82) is 5.26 Å². The SMILES string of the molecule is N#Cc1c(Br)cc(C(F)F)nc1Cl. The summed E-state index contributed by atoms with van der Waals surface area (Å²) in [6.07, 6.45) is -2.69. The summed E-state index contributed by atoms with van der Waals surface area (Å²) >= 11 is 8.43. The molecule has 0 atom stereocenters. The van der Waals surface area contributed by atoms with Crippen molar-refractivity contribution in [1.82, 2.24) is 4.98 Å². The van der Waals surface area contributed by atoms with Crippen LogP contribution in [-0.4, -0.2) is 4.98 Å². The van der Waals surface area contributed by atoms with Crippen LogP contribution >= 0.6 is 27.5 Å².